The van der Waals surface area contributed by atoms with Crippen molar-refractivity contribution in [2.75, 3.05) is 11.9 Å². The zero-order valence-corrected chi connectivity index (χ0v) is 18.8. The van der Waals surface area contributed by atoms with Crippen LogP contribution in [0.25, 0.3) is 11.1 Å². The van der Waals surface area contributed by atoms with Gasteiger partial charge in [-0.05, 0) is 86.0 Å². The molecule has 6 rings (SSSR count). The summed E-state index contributed by atoms with van der Waals surface area (Å²) in [6, 6.07) is 16.7. The van der Waals surface area contributed by atoms with Gasteiger partial charge in [0, 0.05) is 17.8 Å². The minimum atomic E-state index is 0.0358. The fraction of sp³-hybridized carbons (Fsp3) is 0.536. The predicted molar refractivity (Wildman–Crippen MR) is 128 cm³/mol. The number of nitrogens with one attached hydrogen (secondary N) is 2. The Morgan fingerprint density at radius 3 is 2.23 bits per heavy atom. The maximum absolute atomic E-state index is 13.7. The van der Waals surface area contributed by atoms with Gasteiger partial charge >= 0.3 is 0 Å². The molecular weight excluding hydrogens is 380 g/mol. The molecule has 4 aliphatic carbocycles. The zero-order chi connectivity index (χ0) is 21.3. The van der Waals surface area contributed by atoms with Crippen molar-refractivity contribution < 1.29 is 4.79 Å². The molecule has 164 valence electrons. The molecule has 4 saturated carbocycles. The van der Waals surface area contributed by atoms with Crippen LogP contribution in [0.1, 0.15) is 75.1 Å². The predicted octanol–water partition coefficient (Wildman–Crippen LogP) is 6.65. The number of rotatable bonds is 8. The molecule has 1 amide bonds. The molecule has 31 heavy (non-hydrogen) atoms. The van der Waals surface area contributed by atoms with Crippen molar-refractivity contribution >= 4 is 11.6 Å². The highest BCUT2D eigenvalue weighted by Crippen LogP contribution is 2.55. The Kier molecular flexibility index (Phi) is 5.77. The summed E-state index contributed by atoms with van der Waals surface area (Å²) < 4.78 is 0. The van der Waals surface area contributed by atoms with E-state index in [9.17, 15) is 4.79 Å². The number of benzene rings is 2. The molecule has 0 heterocycles. The van der Waals surface area contributed by atoms with Gasteiger partial charge in [0.2, 0.25) is 0 Å². The number of hydrogen-bond donors (Lipinski definition) is 2. The van der Waals surface area contributed by atoms with E-state index >= 15 is 0 Å². The number of amides is 1. The lowest BCUT2D eigenvalue weighted by atomic mass is 9.53. The van der Waals surface area contributed by atoms with Gasteiger partial charge in [-0.3, -0.25) is 4.79 Å². The second-order valence-corrected chi connectivity index (χ2v) is 10.4. The van der Waals surface area contributed by atoms with Gasteiger partial charge in [-0.25, -0.2) is 0 Å². The quantitative estimate of drug-likeness (QED) is 0.473. The van der Waals surface area contributed by atoms with Crippen molar-refractivity contribution in [1.29, 1.82) is 0 Å². The minimum absolute atomic E-state index is 0.0358. The SMILES string of the molecule is CCCCCNc1ccc(-c2ccccc2)cc1C(=O)NC12CC3CC(CC(C3)C1)C2. The number of carbonyl (C=O) groups excluding carboxylic acids is 1. The Morgan fingerprint density at radius 1 is 0.903 bits per heavy atom. The lowest BCUT2D eigenvalue weighted by Gasteiger charge is -2.56. The molecule has 0 radical (unpaired) electrons. The topological polar surface area (TPSA) is 41.1 Å². The van der Waals surface area contributed by atoms with Crippen LogP contribution < -0.4 is 10.6 Å². The normalized spacial score (nSPS) is 28.5. The Balaban J connectivity index is 1.40. The molecule has 0 aromatic heterocycles. The first-order valence-electron chi connectivity index (χ1n) is 12.4. The highest BCUT2D eigenvalue weighted by atomic mass is 16.1. The Hall–Kier alpha value is -2.29. The van der Waals surface area contributed by atoms with Crippen molar-refractivity contribution in [3.63, 3.8) is 0 Å². The van der Waals surface area contributed by atoms with Crippen LogP contribution in [0.2, 0.25) is 0 Å². The van der Waals surface area contributed by atoms with Crippen LogP contribution in [0.15, 0.2) is 48.5 Å². The summed E-state index contributed by atoms with van der Waals surface area (Å²) in [4.78, 5) is 13.7. The summed E-state index contributed by atoms with van der Waals surface area (Å²) in [5.41, 5.74) is 4.07. The molecule has 0 aliphatic heterocycles. The lowest BCUT2D eigenvalue weighted by molar-refractivity contribution is -0.0166. The number of unbranched alkanes of at least 4 members (excludes halogenated alkanes) is 2. The van der Waals surface area contributed by atoms with Crippen LogP contribution in [0, 0.1) is 17.8 Å². The second kappa shape index (κ2) is 8.68. The summed E-state index contributed by atoms with van der Waals surface area (Å²) in [6.07, 6.45) is 11.3. The van der Waals surface area contributed by atoms with Gasteiger partial charge in [-0.2, -0.15) is 0 Å². The molecule has 2 N–H and O–H groups in total. The van der Waals surface area contributed by atoms with Gasteiger partial charge in [-0.1, -0.05) is 56.2 Å². The maximum atomic E-state index is 13.7. The van der Waals surface area contributed by atoms with Crippen LogP contribution >= 0.6 is 0 Å². The smallest absolute Gasteiger partial charge is 0.253 e. The molecule has 0 unspecified atom stereocenters. The molecule has 0 spiro atoms. The van der Waals surface area contributed by atoms with E-state index in [1.54, 1.807) is 0 Å². The summed E-state index contributed by atoms with van der Waals surface area (Å²) >= 11 is 0. The largest absolute Gasteiger partial charge is 0.384 e. The van der Waals surface area contributed by atoms with E-state index in [0.717, 1.165) is 53.1 Å². The van der Waals surface area contributed by atoms with Crippen LogP contribution in [0.3, 0.4) is 0 Å². The first-order valence-corrected chi connectivity index (χ1v) is 12.4. The van der Waals surface area contributed by atoms with E-state index in [-0.39, 0.29) is 11.4 Å². The second-order valence-electron chi connectivity index (χ2n) is 10.4. The average molecular weight is 417 g/mol. The highest BCUT2D eigenvalue weighted by Gasteiger charge is 2.51. The molecule has 3 nitrogen and oxygen atoms in total. The highest BCUT2D eigenvalue weighted by molar-refractivity contribution is 6.01. The first-order chi connectivity index (χ1) is 15.1. The van der Waals surface area contributed by atoms with Gasteiger partial charge in [0.25, 0.3) is 5.91 Å². The van der Waals surface area contributed by atoms with Gasteiger partial charge in [0.05, 0.1) is 5.56 Å². The first kappa shape index (κ1) is 20.6. The van der Waals surface area contributed by atoms with Crippen molar-refractivity contribution in [2.24, 2.45) is 17.8 Å². The fourth-order valence-electron chi connectivity index (χ4n) is 6.87. The van der Waals surface area contributed by atoms with E-state index in [2.05, 4.69) is 60.0 Å². The summed E-state index contributed by atoms with van der Waals surface area (Å²) in [6.45, 7) is 3.13. The standard InChI is InChI=1S/C28H36N2O/c1-2-3-7-12-29-26-11-10-24(23-8-5-4-6-9-23)16-25(26)27(31)30-28-17-20-13-21(18-28)15-22(14-20)19-28/h4-6,8-11,16,20-22,29H,2-3,7,12-15,17-19H2,1H3,(H,30,31). The molecule has 4 bridgehead atoms. The number of hydrogen-bond acceptors (Lipinski definition) is 2. The van der Waals surface area contributed by atoms with Crippen molar-refractivity contribution in [2.45, 2.75) is 70.3 Å². The van der Waals surface area contributed by atoms with Crippen molar-refractivity contribution in [3.05, 3.63) is 54.1 Å². The number of anilines is 1. The molecule has 2 aromatic carbocycles. The maximum Gasteiger partial charge on any atom is 0.253 e. The molecule has 4 fully saturated rings. The summed E-state index contributed by atoms with van der Waals surface area (Å²) in [5.74, 6) is 2.59. The average Bonchev–Trinajstić information content (AvgIpc) is 2.76. The van der Waals surface area contributed by atoms with Crippen molar-refractivity contribution in [1.82, 2.24) is 5.32 Å². The monoisotopic (exact) mass is 416 g/mol. The third-order valence-electron chi connectivity index (χ3n) is 7.88. The molecule has 2 aromatic rings. The molecule has 0 saturated heterocycles. The zero-order valence-electron chi connectivity index (χ0n) is 18.8. The Labute approximate surface area is 187 Å². The van der Waals surface area contributed by atoms with E-state index in [1.165, 1.54) is 51.4 Å². The van der Waals surface area contributed by atoms with E-state index in [0.29, 0.717) is 0 Å². The third-order valence-corrected chi connectivity index (χ3v) is 7.88. The van der Waals surface area contributed by atoms with E-state index < -0.39 is 0 Å². The van der Waals surface area contributed by atoms with Crippen LogP contribution in [-0.2, 0) is 0 Å². The lowest BCUT2D eigenvalue weighted by Crippen LogP contribution is -2.59. The van der Waals surface area contributed by atoms with Gasteiger partial charge in [-0.15, -0.1) is 0 Å². The number of carbonyl (C=O) groups is 1. The summed E-state index contributed by atoms with van der Waals surface area (Å²) in [5, 5.41) is 7.14. The fourth-order valence-corrected chi connectivity index (χ4v) is 6.87. The van der Waals surface area contributed by atoms with Crippen molar-refractivity contribution in [3.8, 4) is 11.1 Å². The molecule has 0 atom stereocenters. The van der Waals surface area contributed by atoms with E-state index in [4.69, 9.17) is 0 Å². The minimum Gasteiger partial charge on any atom is -0.384 e. The van der Waals surface area contributed by atoms with E-state index in [1.807, 2.05) is 6.07 Å². The summed E-state index contributed by atoms with van der Waals surface area (Å²) in [7, 11) is 0. The molecular formula is C28H36N2O. The van der Waals surface area contributed by atoms with Crippen LogP contribution in [0.5, 0.6) is 0 Å². The van der Waals surface area contributed by atoms with Gasteiger partial charge < -0.3 is 10.6 Å². The van der Waals surface area contributed by atoms with Gasteiger partial charge in [0.15, 0.2) is 0 Å². The molecule has 3 heteroatoms. The van der Waals surface area contributed by atoms with Crippen LogP contribution in [-0.4, -0.2) is 18.0 Å². The third kappa shape index (κ3) is 4.37. The molecule has 4 aliphatic rings. The van der Waals surface area contributed by atoms with Crippen LogP contribution in [0.4, 0.5) is 5.69 Å². The van der Waals surface area contributed by atoms with Gasteiger partial charge in [0.1, 0.15) is 0 Å². The Morgan fingerprint density at radius 2 is 1.58 bits per heavy atom. The Bertz CT molecular complexity index is 885.